The molecule has 446 valence electrons. The van der Waals surface area contributed by atoms with E-state index in [9.17, 15) is 81.1 Å². The zero-order valence-corrected chi connectivity index (χ0v) is 45.5. The fourth-order valence-electron chi connectivity index (χ4n) is 16.5. The Bertz CT molecular complexity index is 2190. The molecule has 0 aromatic heterocycles. The SMILES string of the molecule is CC1(C)CCC2(C(=O)OC3OC(CO)C(O)C(O)C3O)CCC3(C)C(=CCC4C5(C)CCC(OC6OC(C(=O)O)C(OC7OC(CO)C(O)C(O)C7O)C(O)C6OC6OC(CO)C(O)C(O)C6O)C(C)(C)C5CCC43C)C2C1. The maximum Gasteiger partial charge on any atom is 0.335 e. The van der Waals surface area contributed by atoms with Crippen LogP contribution in [0.1, 0.15) is 113 Å². The monoisotopic (exact) mass is 1120 g/mol. The van der Waals surface area contributed by atoms with Crippen molar-refractivity contribution in [2.24, 2.45) is 50.2 Å². The summed E-state index contributed by atoms with van der Waals surface area (Å²) >= 11 is 0. The van der Waals surface area contributed by atoms with Crippen molar-refractivity contribution < 1.29 is 119 Å². The summed E-state index contributed by atoms with van der Waals surface area (Å²) in [6, 6.07) is 0. The standard InChI is InChI=1S/C54H86O24/c1-49(2)14-16-54(48(70)78-46-38(66)35(63)32(60)26(21-57)73-46)17-15-52(6)22(23(54)18-49)8-9-28-51(5)12-11-29(50(3,4)27(51)10-13-53(28,52)7)74-47-41(76-45-37(65)34(62)31(59)25(20-56)72-45)39(67)40(42(77-47)43(68)69)75-44-36(64)33(61)30(58)24(19-55)71-44/h8,23-42,44-47,55-67H,9-21H2,1-7H3,(H,68,69). The van der Waals surface area contributed by atoms with Gasteiger partial charge in [-0.3, -0.25) is 4.79 Å². The van der Waals surface area contributed by atoms with Gasteiger partial charge in [0.2, 0.25) is 6.29 Å². The Hall–Kier alpha value is -2.12. The number of allylic oxidation sites excluding steroid dienone is 2. The van der Waals surface area contributed by atoms with Crippen LogP contribution in [0.2, 0.25) is 0 Å². The molecule has 0 bridgehead atoms. The highest BCUT2D eigenvalue weighted by atomic mass is 16.8. The molecule has 78 heavy (non-hydrogen) atoms. The molecule has 24 nitrogen and oxygen atoms in total. The number of carbonyl (C=O) groups excluding carboxylic acids is 1. The van der Waals surface area contributed by atoms with Crippen LogP contribution < -0.4 is 0 Å². The molecule has 4 heterocycles. The van der Waals surface area contributed by atoms with Gasteiger partial charge in [0, 0.05) is 0 Å². The van der Waals surface area contributed by atoms with Gasteiger partial charge in [0.15, 0.2) is 25.0 Å². The molecule has 4 saturated heterocycles. The first-order valence-electron chi connectivity index (χ1n) is 27.8. The number of hydrogen-bond acceptors (Lipinski definition) is 23. The summed E-state index contributed by atoms with van der Waals surface area (Å²) < 4.78 is 47.8. The van der Waals surface area contributed by atoms with Gasteiger partial charge in [0.1, 0.15) is 91.6 Å². The number of rotatable bonds is 12. The Kier molecular flexibility index (Phi) is 16.9. The van der Waals surface area contributed by atoms with E-state index in [0.29, 0.717) is 44.9 Å². The van der Waals surface area contributed by atoms with Crippen molar-refractivity contribution in [1.29, 1.82) is 0 Å². The van der Waals surface area contributed by atoms with Gasteiger partial charge in [0.25, 0.3) is 0 Å². The Morgan fingerprint density at radius 3 is 1.60 bits per heavy atom. The first-order chi connectivity index (χ1) is 36.5. The molecule has 9 aliphatic rings. The third-order valence-corrected chi connectivity index (χ3v) is 21.4. The lowest BCUT2D eigenvalue weighted by atomic mass is 9.33. The normalized spacial score (nSPS) is 52.8. The maximum absolute atomic E-state index is 14.8. The smallest absolute Gasteiger partial charge is 0.335 e. The van der Waals surface area contributed by atoms with Crippen molar-refractivity contribution in [2.75, 3.05) is 19.8 Å². The van der Waals surface area contributed by atoms with Crippen molar-refractivity contribution >= 4 is 11.9 Å². The van der Waals surface area contributed by atoms with E-state index < -0.39 is 172 Å². The summed E-state index contributed by atoms with van der Waals surface area (Å²) in [5.41, 5.74) is -1.51. The van der Waals surface area contributed by atoms with Crippen LogP contribution in [-0.2, 0) is 47.5 Å². The minimum absolute atomic E-state index is 0.0129. The van der Waals surface area contributed by atoms with Gasteiger partial charge in [-0.15, -0.1) is 0 Å². The predicted molar refractivity (Wildman–Crippen MR) is 263 cm³/mol. The van der Waals surface area contributed by atoms with Crippen LogP contribution in [0.15, 0.2) is 11.6 Å². The van der Waals surface area contributed by atoms with Crippen molar-refractivity contribution in [3.05, 3.63) is 11.6 Å². The number of ether oxygens (including phenoxy) is 8. The number of fused-ring (bicyclic) bond motifs is 7. The van der Waals surface area contributed by atoms with Crippen LogP contribution in [0, 0.1) is 50.2 Å². The Morgan fingerprint density at radius 1 is 0.551 bits per heavy atom. The van der Waals surface area contributed by atoms with E-state index in [0.717, 1.165) is 19.3 Å². The number of carboxylic acids is 1. The van der Waals surface area contributed by atoms with Crippen LogP contribution >= 0.6 is 0 Å². The second-order valence-corrected chi connectivity index (χ2v) is 26.3. The fraction of sp³-hybridized carbons (Fsp3) is 0.926. The third-order valence-electron chi connectivity index (χ3n) is 21.4. The number of carbonyl (C=O) groups is 2. The van der Waals surface area contributed by atoms with E-state index in [4.69, 9.17) is 37.9 Å². The molecule has 0 aromatic rings. The van der Waals surface area contributed by atoms with E-state index in [1.165, 1.54) is 5.57 Å². The van der Waals surface area contributed by atoms with Crippen molar-refractivity contribution in [3.63, 3.8) is 0 Å². The second kappa shape index (κ2) is 21.8. The topological polar surface area (TPSA) is 391 Å². The highest BCUT2D eigenvalue weighted by molar-refractivity contribution is 5.79. The van der Waals surface area contributed by atoms with Gasteiger partial charge in [-0.2, -0.15) is 0 Å². The summed E-state index contributed by atoms with van der Waals surface area (Å²) in [6.45, 7) is 13.2. The summed E-state index contributed by atoms with van der Waals surface area (Å²) in [4.78, 5) is 27.9. The number of aliphatic hydroxyl groups excluding tert-OH is 13. The molecule has 0 spiro atoms. The molecule has 0 aromatic carbocycles. The zero-order chi connectivity index (χ0) is 57.1. The van der Waals surface area contributed by atoms with E-state index in [2.05, 4.69) is 54.5 Å². The molecule has 4 aliphatic heterocycles. The van der Waals surface area contributed by atoms with Crippen LogP contribution in [-0.4, -0.2) is 232 Å². The predicted octanol–water partition coefficient (Wildman–Crippen LogP) is -1.94. The van der Waals surface area contributed by atoms with Crippen LogP contribution in [0.5, 0.6) is 0 Å². The minimum Gasteiger partial charge on any atom is -0.479 e. The average Bonchev–Trinajstić information content (AvgIpc) is 2.51. The molecule has 5 aliphatic carbocycles. The van der Waals surface area contributed by atoms with Crippen molar-refractivity contribution in [2.45, 2.75) is 242 Å². The summed E-state index contributed by atoms with van der Waals surface area (Å²) in [6.07, 6.45) is -27.8. The third kappa shape index (κ3) is 9.72. The summed E-state index contributed by atoms with van der Waals surface area (Å²) in [5, 5.41) is 149. The van der Waals surface area contributed by atoms with Crippen molar-refractivity contribution in [3.8, 4) is 0 Å². The molecule has 28 unspecified atom stereocenters. The lowest BCUT2D eigenvalue weighted by molar-refractivity contribution is -0.391. The lowest BCUT2D eigenvalue weighted by Crippen LogP contribution is -2.68. The number of aliphatic hydroxyl groups is 13. The van der Waals surface area contributed by atoms with Gasteiger partial charge < -0.3 is 109 Å². The summed E-state index contributed by atoms with van der Waals surface area (Å²) in [5.74, 6) is -2.30. The molecule has 14 N–H and O–H groups in total. The van der Waals surface area contributed by atoms with Gasteiger partial charge in [0.05, 0.1) is 31.3 Å². The minimum atomic E-state index is -2.10. The number of aliphatic carboxylic acids is 1. The van der Waals surface area contributed by atoms with E-state index in [1.807, 2.05) is 0 Å². The fourth-order valence-corrected chi connectivity index (χ4v) is 16.5. The van der Waals surface area contributed by atoms with E-state index in [1.54, 1.807) is 0 Å². The molecule has 0 radical (unpaired) electrons. The van der Waals surface area contributed by atoms with Gasteiger partial charge in [-0.1, -0.05) is 60.1 Å². The number of esters is 1. The zero-order valence-electron chi connectivity index (χ0n) is 45.5. The quantitative estimate of drug-likeness (QED) is 0.0574. The largest absolute Gasteiger partial charge is 0.479 e. The number of hydrogen-bond donors (Lipinski definition) is 14. The maximum atomic E-state index is 14.8. The Labute approximate surface area is 453 Å². The first kappa shape index (κ1) is 60.5. The summed E-state index contributed by atoms with van der Waals surface area (Å²) in [7, 11) is 0. The first-order valence-corrected chi connectivity index (χ1v) is 27.8. The van der Waals surface area contributed by atoms with Gasteiger partial charge in [-0.25, -0.2) is 4.79 Å². The van der Waals surface area contributed by atoms with Gasteiger partial charge >= 0.3 is 11.9 Å². The molecule has 28 atom stereocenters. The van der Waals surface area contributed by atoms with Crippen molar-refractivity contribution in [1.82, 2.24) is 0 Å². The molecule has 0 amide bonds. The molecular formula is C54H86O24. The Morgan fingerprint density at radius 2 is 1.06 bits per heavy atom. The lowest BCUT2D eigenvalue weighted by Gasteiger charge is -2.71. The van der Waals surface area contributed by atoms with Crippen LogP contribution in [0.25, 0.3) is 0 Å². The molecule has 9 rings (SSSR count). The second-order valence-electron chi connectivity index (χ2n) is 26.3. The Balaban J connectivity index is 0.987. The number of carboxylic acid groups (broad SMARTS) is 1. The molecular weight excluding hydrogens is 1030 g/mol. The average molecular weight is 1120 g/mol. The van der Waals surface area contributed by atoms with E-state index >= 15 is 0 Å². The molecule has 24 heteroatoms. The van der Waals surface area contributed by atoms with Crippen LogP contribution in [0.3, 0.4) is 0 Å². The highest BCUT2D eigenvalue weighted by Crippen LogP contribution is 2.76. The molecule has 4 saturated carbocycles. The van der Waals surface area contributed by atoms with E-state index in [-0.39, 0.29) is 39.4 Å². The molecule has 8 fully saturated rings. The van der Waals surface area contributed by atoms with Crippen LogP contribution in [0.4, 0.5) is 0 Å². The highest BCUT2D eigenvalue weighted by Gasteiger charge is 2.70. The van der Waals surface area contributed by atoms with Gasteiger partial charge in [-0.05, 0) is 109 Å².